The van der Waals surface area contributed by atoms with Crippen molar-refractivity contribution in [3.05, 3.63) is 47.6 Å². The van der Waals surface area contributed by atoms with Gasteiger partial charge in [-0.15, -0.1) is 0 Å². The normalized spacial score (nSPS) is 12.9. The smallest absolute Gasteiger partial charge is 0.0991 e. The second-order valence-corrected chi connectivity index (χ2v) is 5.03. The van der Waals surface area contributed by atoms with Crippen molar-refractivity contribution in [1.82, 2.24) is 14.9 Å². The number of unbranched alkanes of at least 4 members (excludes halogenated alkanes) is 1. The SMILES string of the molecule is C=CC(/C=C(/Br)NC)=NCc1cn(/C=C/CCC)cn1. The monoisotopic (exact) mass is 336 g/mol. The zero-order valence-electron chi connectivity index (χ0n) is 12.0. The molecule has 0 bridgehead atoms. The molecule has 0 saturated heterocycles. The number of imidazole rings is 1. The van der Waals surface area contributed by atoms with Gasteiger partial charge in [-0.1, -0.05) is 26.0 Å². The Balaban J connectivity index is 2.66. The Hall–Kier alpha value is -1.62. The van der Waals surface area contributed by atoms with Gasteiger partial charge in [0.2, 0.25) is 0 Å². The Labute approximate surface area is 129 Å². The molecule has 5 heteroatoms. The number of hydrogen-bond acceptors (Lipinski definition) is 3. The highest BCUT2D eigenvalue weighted by Gasteiger charge is 1.97. The molecule has 0 aliphatic heterocycles. The van der Waals surface area contributed by atoms with Gasteiger partial charge in [0.25, 0.3) is 0 Å². The standard InChI is InChI=1S/C15H21BrN4/c1-4-6-7-8-20-11-14(19-12-20)10-18-13(5-2)9-15(16)17-3/h5,7-9,11-12,17H,2,4,6,10H2,1,3H3/b8-7+,15-9-,18-13?. The van der Waals surface area contributed by atoms with Crippen LogP contribution < -0.4 is 5.32 Å². The second-order valence-electron chi connectivity index (χ2n) is 4.17. The van der Waals surface area contributed by atoms with Crippen LogP contribution in [0, 0.1) is 0 Å². The number of allylic oxidation sites excluding steroid dienone is 3. The molecule has 0 aliphatic carbocycles. The van der Waals surface area contributed by atoms with E-state index in [4.69, 9.17) is 0 Å². The minimum absolute atomic E-state index is 0.538. The molecule has 108 valence electrons. The maximum atomic E-state index is 4.46. The summed E-state index contributed by atoms with van der Waals surface area (Å²) in [5.74, 6) is 0. The summed E-state index contributed by atoms with van der Waals surface area (Å²) < 4.78 is 2.82. The molecule has 0 spiro atoms. The van der Waals surface area contributed by atoms with Gasteiger partial charge >= 0.3 is 0 Å². The van der Waals surface area contributed by atoms with E-state index in [1.165, 1.54) is 0 Å². The van der Waals surface area contributed by atoms with Crippen molar-refractivity contribution >= 4 is 27.8 Å². The van der Waals surface area contributed by atoms with Crippen molar-refractivity contribution in [2.75, 3.05) is 7.05 Å². The fourth-order valence-corrected chi connectivity index (χ4v) is 1.68. The molecule has 0 fully saturated rings. The lowest BCUT2D eigenvalue weighted by molar-refractivity contribution is 0.955. The molecule has 1 rings (SSSR count). The summed E-state index contributed by atoms with van der Waals surface area (Å²) in [6, 6.07) is 0. The average Bonchev–Trinajstić information content (AvgIpc) is 2.91. The van der Waals surface area contributed by atoms with E-state index in [9.17, 15) is 0 Å². The third-order valence-corrected chi connectivity index (χ3v) is 3.16. The largest absolute Gasteiger partial charge is 0.382 e. The lowest BCUT2D eigenvalue weighted by Crippen LogP contribution is -2.02. The van der Waals surface area contributed by atoms with E-state index in [0.717, 1.165) is 28.9 Å². The summed E-state index contributed by atoms with van der Waals surface area (Å²) in [7, 11) is 1.84. The summed E-state index contributed by atoms with van der Waals surface area (Å²) >= 11 is 3.38. The quantitative estimate of drug-likeness (QED) is 0.580. The fraction of sp³-hybridized carbons (Fsp3) is 0.333. The predicted molar refractivity (Wildman–Crippen MR) is 89.9 cm³/mol. The lowest BCUT2D eigenvalue weighted by Gasteiger charge is -1.97. The number of hydrogen-bond donors (Lipinski definition) is 1. The van der Waals surface area contributed by atoms with Crippen LogP contribution in [0.15, 0.2) is 46.9 Å². The summed E-state index contributed by atoms with van der Waals surface area (Å²) in [5.41, 5.74) is 1.74. The topological polar surface area (TPSA) is 42.2 Å². The molecular weight excluding hydrogens is 316 g/mol. The van der Waals surface area contributed by atoms with Gasteiger partial charge in [-0.3, -0.25) is 4.99 Å². The predicted octanol–water partition coefficient (Wildman–Crippen LogP) is 3.74. The van der Waals surface area contributed by atoms with Gasteiger partial charge in [-0.25, -0.2) is 4.98 Å². The number of halogens is 1. The van der Waals surface area contributed by atoms with E-state index in [-0.39, 0.29) is 0 Å². The Bertz CT molecular complexity index is 512. The summed E-state index contributed by atoms with van der Waals surface area (Å²) in [6.07, 6.45) is 13.8. The van der Waals surface area contributed by atoms with Crippen LogP contribution in [0.5, 0.6) is 0 Å². The molecule has 1 heterocycles. The van der Waals surface area contributed by atoms with Crippen LogP contribution in [-0.4, -0.2) is 22.3 Å². The Morgan fingerprint density at radius 3 is 3.05 bits per heavy atom. The molecule has 4 nitrogen and oxygen atoms in total. The van der Waals surface area contributed by atoms with E-state index in [2.05, 4.69) is 50.8 Å². The minimum Gasteiger partial charge on any atom is -0.382 e. The molecule has 0 aromatic carbocycles. The highest BCUT2D eigenvalue weighted by molar-refractivity contribution is 9.11. The van der Waals surface area contributed by atoms with Gasteiger partial charge in [0.15, 0.2) is 0 Å². The summed E-state index contributed by atoms with van der Waals surface area (Å²) in [6.45, 7) is 6.45. The third kappa shape index (κ3) is 6.02. The Kier molecular flexibility index (Phi) is 7.65. The van der Waals surface area contributed by atoms with E-state index < -0.39 is 0 Å². The van der Waals surface area contributed by atoms with E-state index >= 15 is 0 Å². The van der Waals surface area contributed by atoms with Crippen LogP contribution >= 0.6 is 15.9 Å². The first-order chi connectivity index (χ1) is 9.69. The first-order valence-electron chi connectivity index (χ1n) is 6.60. The van der Waals surface area contributed by atoms with E-state index in [1.54, 1.807) is 12.4 Å². The van der Waals surface area contributed by atoms with E-state index in [1.807, 2.05) is 30.1 Å². The van der Waals surface area contributed by atoms with Crippen molar-refractivity contribution in [2.24, 2.45) is 4.99 Å². The molecule has 0 aliphatic rings. The number of nitrogens with one attached hydrogen (secondary N) is 1. The van der Waals surface area contributed by atoms with Crippen LogP contribution in [-0.2, 0) is 6.54 Å². The molecule has 0 atom stereocenters. The van der Waals surface area contributed by atoms with Crippen LogP contribution in [0.1, 0.15) is 25.5 Å². The molecule has 0 unspecified atom stereocenters. The Morgan fingerprint density at radius 1 is 1.60 bits per heavy atom. The minimum atomic E-state index is 0.538. The maximum Gasteiger partial charge on any atom is 0.0991 e. The van der Waals surface area contributed by atoms with Gasteiger partial charge in [0.05, 0.1) is 28.9 Å². The first kappa shape index (κ1) is 16.4. The van der Waals surface area contributed by atoms with Gasteiger partial charge < -0.3 is 9.88 Å². The fourth-order valence-electron chi connectivity index (χ4n) is 1.45. The average molecular weight is 337 g/mol. The summed E-state index contributed by atoms with van der Waals surface area (Å²) in [5, 5.41) is 2.98. The second kappa shape index (κ2) is 9.31. The lowest BCUT2D eigenvalue weighted by atomic mass is 10.3. The zero-order chi connectivity index (χ0) is 14.8. The van der Waals surface area contributed by atoms with Crippen molar-refractivity contribution in [3.63, 3.8) is 0 Å². The van der Waals surface area contributed by atoms with Crippen LogP contribution in [0.3, 0.4) is 0 Å². The van der Waals surface area contributed by atoms with Gasteiger partial charge in [-0.05, 0) is 34.5 Å². The molecule has 20 heavy (non-hydrogen) atoms. The number of nitrogens with zero attached hydrogens (tertiary/aromatic N) is 3. The van der Waals surface area contributed by atoms with Crippen LogP contribution in [0.25, 0.3) is 6.20 Å². The van der Waals surface area contributed by atoms with Crippen LogP contribution in [0.4, 0.5) is 0 Å². The third-order valence-electron chi connectivity index (χ3n) is 2.53. The van der Waals surface area contributed by atoms with Crippen molar-refractivity contribution < 1.29 is 0 Å². The van der Waals surface area contributed by atoms with Crippen molar-refractivity contribution in [1.29, 1.82) is 0 Å². The highest BCUT2D eigenvalue weighted by Crippen LogP contribution is 2.04. The number of aromatic nitrogens is 2. The van der Waals surface area contributed by atoms with Gasteiger partial charge in [0, 0.05) is 19.4 Å². The molecule has 0 radical (unpaired) electrons. The molecular formula is C15H21BrN4. The van der Waals surface area contributed by atoms with Crippen molar-refractivity contribution in [2.45, 2.75) is 26.3 Å². The maximum absolute atomic E-state index is 4.46. The van der Waals surface area contributed by atoms with Crippen molar-refractivity contribution in [3.8, 4) is 0 Å². The summed E-state index contributed by atoms with van der Waals surface area (Å²) in [4.78, 5) is 8.79. The zero-order valence-corrected chi connectivity index (χ0v) is 13.6. The van der Waals surface area contributed by atoms with Crippen LogP contribution in [0.2, 0.25) is 0 Å². The molecule has 0 saturated carbocycles. The van der Waals surface area contributed by atoms with Gasteiger partial charge in [-0.2, -0.15) is 0 Å². The molecule has 0 amide bonds. The highest BCUT2D eigenvalue weighted by atomic mass is 79.9. The first-order valence-corrected chi connectivity index (χ1v) is 7.39. The Morgan fingerprint density at radius 2 is 2.40 bits per heavy atom. The van der Waals surface area contributed by atoms with E-state index in [0.29, 0.717) is 6.54 Å². The number of aliphatic imine (C=N–C) groups is 1. The molecule has 1 aromatic heterocycles. The number of rotatable bonds is 8. The molecule has 1 aromatic rings. The van der Waals surface area contributed by atoms with Gasteiger partial charge in [0.1, 0.15) is 0 Å². The molecule has 1 N–H and O–H groups in total.